The largest absolute Gasteiger partial charge is 0.465 e. The first kappa shape index (κ1) is 45.1. The first-order valence-electron chi connectivity index (χ1n) is 16.9. The first-order valence-corrected chi connectivity index (χ1v) is 18.8. The fourth-order valence-electron chi connectivity index (χ4n) is 5.94. The molecule has 2 N–H and O–H groups in total. The van der Waals surface area contributed by atoms with Crippen molar-refractivity contribution in [3.05, 3.63) is 105 Å². The summed E-state index contributed by atoms with van der Waals surface area (Å²) in [6.45, 7) is 1.08. The van der Waals surface area contributed by atoms with Crippen molar-refractivity contribution >= 4 is 57.1 Å². The summed E-state index contributed by atoms with van der Waals surface area (Å²) in [5, 5.41) is 14.7. The molecule has 3 aromatic rings. The van der Waals surface area contributed by atoms with Crippen LogP contribution in [0.15, 0.2) is 71.6 Å². The maximum Gasteiger partial charge on any atom is 0.366 e. The van der Waals surface area contributed by atoms with Crippen molar-refractivity contribution in [1.82, 2.24) is 10.0 Å². The summed E-state index contributed by atoms with van der Waals surface area (Å²) >= 11 is 5.93. The van der Waals surface area contributed by atoms with Crippen molar-refractivity contribution < 1.29 is 74.5 Å². The molecule has 1 aliphatic heterocycles. The molecule has 3 aromatic carbocycles. The second-order valence-corrected chi connectivity index (χ2v) is 14.6. The summed E-state index contributed by atoms with van der Waals surface area (Å²) in [6.07, 6.45) is -8.97. The summed E-state index contributed by atoms with van der Waals surface area (Å²) in [7, 11) is -4.21. The molecule has 0 aliphatic carbocycles. The third-order valence-corrected chi connectivity index (χ3v) is 10.1. The van der Waals surface area contributed by atoms with Gasteiger partial charge in [-0.15, -0.1) is 0 Å². The summed E-state index contributed by atoms with van der Waals surface area (Å²) in [6, 6.07) is 10.7. The third kappa shape index (κ3) is 11.1. The molecule has 1 aliphatic rings. The maximum atomic E-state index is 14.8. The number of benzene rings is 3. The smallest absolute Gasteiger partial charge is 0.366 e. The Kier molecular flexibility index (Phi) is 14.9. The fourth-order valence-corrected chi connectivity index (χ4v) is 7.51. The van der Waals surface area contributed by atoms with Crippen LogP contribution in [0.3, 0.4) is 0 Å². The number of hydrogen-bond acceptors (Lipinski definition) is 15. The third-order valence-electron chi connectivity index (χ3n) is 8.38. The van der Waals surface area contributed by atoms with E-state index in [-0.39, 0.29) is 5.56 Å². The Morgan fingerprint density at radius 1 is 0.966 bits per heavy atom. The summed E-state index contributed by atoms with van der Waals surface area (Å²) in [5.41, 5.74) is -1.28. The SMILES string of the molecule is COC(=O)[C@@]1(OCc2cccc(F)c2F)C[C@H](OC(C)=O)[C@@H](NS(=O)(=O)c2ccccc2[N+](=O)[O-])[C@H]([C@H](OC(C)=O)[C@@H](CNC(=O)c2ccc(Cl)cc2)OC(C)=O)O1. The second-order valence-electron chi connectivity index (χ2n) is 12.5. The van der Waals surface area contributed by atoms with E-state index in [1.54, 1.807) is 0 Å². The van der Waals surface area contributed by atoms with Crippen LogP contribution in [-0.2, 0) is 64.2 Å². The lowest BCUT2D eigenvalue weighted by atomic mass is 9.88. The molecule has 1 fully saturated rings. The van der Waals surface area contributed by atoms with Crippen LogP contribution < -0.4 is 10.0 Å². The fraction of sp³-hybridized carbons (Fsp3) is 0.361. The molecule has 22 heteroatoms. The zero-order valence-electron chi connectivity index (χ0n) is 31.0. The van der Waals surface area contributed by atoms with Crippen LogP contribution in [0.4, 0.5) is 14.5 Å². The molecule has 1 heterocycles. The number of carbonyl (C=O) groups is 5. The minimum atomic E-state index is -5.08. The quantitative estimate of drug-likeness (QED) is 0.0909. The normalized spacial score (nSPS) is 20.2. The van der Waals surface area contributed by atoms with Crippen molar-refractivity contribution in [2.45, 2.75) is 74.9 Å². The molecule has 6 atom stereocenters. The van der Waals surface area contributed by atoms with E-state index in [2.05, 4.69) is 10.0 Å². The number of amides is 1. The number of para-hydroxylation sites is 1. The van der Waals surface area contributed by atoms with Crippen molar-refractivity contribution in [2.75, 3.05) is 13.7 Å². The molecule has 0 saturated carbocycles. The number of hydrogen-bond donors (Lipinski definition) is 2. The van der Waals surface area contributed by atoms with Crippen LogP contribution >= 0.6 is 11.6 Å². The number of methoxy groups -OCH3 is 1. The number of halogens is 3. The molecule has 58 heavy (non-hydrogen) atoms. The number of nitrogens with one attached hydrogen (secondary N) is 2. The molecule has 0 spiro atoms. The molecule has 4 rings (SSSR count). The van der Waals surface area contributed by atoms with Gasteiger partial charge in [-0.05, 0) is 36.4 Å². The molecule has 0 aromatic heterocycles. The molecule has 0 radical (unpaired) electrons. The summed E-state index contributed by atoms with van der Waals surface area (Å²) in [5.74, 6) is -11.0. The standard InChI is InChI=1S/C36H36ClF2N3O15S/c1-19(43)54-27-16-36(35(47)52-4,53-18-23-8-7-9-25(38)30(23)39)57-33(31(27)41-58(50,51)29-11-6-5-10-26(29)42(48)49)32(56-21(3)45)28(55-20(2)44)17-40-34(46)22-12-14-24(37)15-13-22/h5-15,27-28,31-33,41H,16-18H2,1-4H3,(H,40,46)/t27-,28+,31+,32+,33+,36+/m0/s1. The van der Waals surface area contributed by atoms with E-state index >= 15 is 0 Å². The Hall–Kier alpha value is -5.61. The highest BCUT2D eigenvalue weighted by atomic mass is 35.5. The van der Waals surface area contributed by atoms with Gasteiger partial charge in [0.1, 0.15) is 12.2 Å². The van der Waals surface area contributed by atoms with E-state index in [4.69, 9.17) is 40.0 Å². The number of nitro groups is 1. The van der Waals surface area contributed by atoms with Crippen LogP contribution in [0, 0.1) is 21.7 Å². The molecule has 0 bridgehead atoms. The second kappa shape index (κ2) is 19.2. The Balaban J connectivity index is 1.93. The lowest BCUT2D eigenvalue weighted by Gasteiger charge is -2.48. The predicted molar refractivity (Wildman–Crippen MR) is 193 cm³/mol. The van der Waals surface area contributed by atoms with Crippen LogP contribution in [0.1, 0.15) is 43.1 Å². The Morgan fingerprint density at radius 3 is 2.22 bits per heavy atom. The lowest BCUT2D eigenvalue weighted by molar-refractivity contribution is -0.387. The molecule has 1 amide bonds. The number of rotatable bonds is 16. The van der Waals surface area contributed by atoms with Gasteiger partial charge in [-0.2, -0.15) is 0 Å². The van der Waals surface area contributed by atoms with Gasteiger partial charge in [0.05, 0.1) is 37.6 Å². The van der Waals surface area contributed by atoms with Crippen LogP contribution in [0.25, 0.3) is 0 Å². The topological polar surface area (TPSA) is 242 Å². The van der Waals surface area contributed by atoms with Crippen molar-refractivity contribution in [2.24, 2.45) is 0 Å². The first-order chi connectivity index (χ1) is 27.3. The minimum Gasteiger partial charge on any atom is -0.465 e. The molecule has 18 nitrogen and oxygen atoms in total. The van der Waals surface area contributed by atoms with Gasteiger partial charge >= 0.3 is 23.9 Å². The highest BCUT2D eigenvalue weighted by molar-refractivity contribution is 7.89. The number of nitro benzene ring substituents is 1. The van der Waals surface area contributed by atoms with Crippen LogP contribution in [-0.4, -0.2) is 93.0 Å². The molecular formula is C36H36ClF2N3O15S. The van der Waals surface area contributed by atoms with Gasteiger partial charge in [-0.1, -0.05) is 35.9 Å². The maximum absolute atomic E-state index is 14.8. The number of nitrogens with zero attached hydrogens (tertiary/aromatic N) is 1. The zero-order chi connectivity index (χ0) is 42.9. The van der Waals surface area contributed by atoms with Crippen LogP contribution in [0.2, 0.25) is 5.02 Å². The average molecular weight is 856 g/mol. The van der Waals surface area contributed by atoms with Gasteiger partial charge in [0.25, 0.3) is 17.4 Å². The van der Waals surface area contributed by atoms with Gasteiger partial charge in [0.2, 0.25) is 10.0 Å². The van der Waals surface area contributed by atoms with Gasteiger partial charge in [0, 0.05) is 43.0 Å². The summed E-state index contributed by atoms with van der Waals surface area (Å²) < 4.78 is 92.7. The molecular weight excluding hydrogens is 820 g/mol. The van der Waals surface area contributed by atoms with Crippen molar-refractivity contribution in [3.8, 4) is 0 Å². The van der Waals surface area contributed by atoms with E-state index in [1.807, 2.05) is 0 Å². The summed E-state index contributed by atoms with van der Waals surface area (Å²) in [4.78, 5) is 74.8. The monoisotopic (exact) mass is 855 g/mol. The average Bonchev–Trinajstić information content (AvgIpc) is 3.16. The Bertz CT molecular complexity index is 2160. The highest BCUT2D eigenvalue weighted by Crippen LogP contribution is 2.39. The van der Waals surface area contributed by atoms with E-state index in [0.717, 1.165) is 58.2 Å². The minimum absolute atomic E-state index is 0.0663. The van der Waals surface area contributed by atoms with Gasteiger partial charge in [-0.3, -0.25) is 29.3 Å². The van der Waals surface area contributed by atoms with E-state index in [0.29, 0.717) is 5.02 Å². The number of esters is 4. The van der Waals surface area contributed by atoms with Gasteiger partial charge in [0.15, 0.2) is 28.7 Å². The number of carbonyl (C=O) groups excluding carboxylic acids is 5. The van der Waals surface area contributed by atoms with Crippen molar-refractivity contribution in [1.29, 1.82) is 0 Å². The molecule has 312 valence electrons. The Labute approximate surface area is 334 Å². The number of ether oxygens (including phenoxy) is 6. The van der Waals surface area contributed by atoms with E-state index in [1.165, 1.54) is 36.4 Å². The highest BCUT2D eigenvalue weighted by Gasteiger charge is 2.60. The Morgan fingerprint density at radius 2 is 1.62 bits per heavy atom. The predicted octanol–water partition coefficient (Wildman–Crippen LogP) is 3.27. The van der Waals surface area contributed by atoms with E-state index < -0.39 is 128 Å². The van der Waals surface area contributed by atoms with Crippen LogP contribution in [0.5, 0.6) is 0 Å². The molecule has 0 unspecified atom stereocenters. The van der Waals surface area contributed by atoms with Gasteiger partial charge < -0.3 is 33.7 Å². The lowest BCUT2D eigenvalue weighted by Crippen LogP contribution is -2.69. The zero-order valence-corrected chi connectivity index (χ0v) is 32.5. The molecule has 1 saturated heterocycles. The number of sulfonamides is 1. The van der Waals surface area contributed by atoms with Crippen molar-refractivity contribution in [3.63, 3.8) is 0 Å². The van der Waals surface area contributed by atoms with Gasteiger partial charge in [-0.25, -0.2) is 26.7 Å². The van der Waals surface area contributed by atoms with E-state index in [9.17, 15) is 51.3 Å².